The lowest BCUT2D eigenvalue weighted by atomic mass is 9.97. The lowest BCUT2D eigenvalue weighted by Crippen LogP contribution is -2.29. The molecule has 2 atom stereocenters. The molecular formula is C27H24N2O5. The maximum absolute atomic E-state index is 13.2. The molecule has 172 valence electrons. The van der Waals surface area contributed by atoms with Crippen LogP contribution in [0.3, 0.4) is 0 Å². The highest BCUT2D eigenvalue weighted by Gasteiger charge is 2.46. The highest BCUT2D eigenvalue weighted by Crippen LogP contribution is 2.40. The van der Waals surface area contributed by atoms with E-state index in [-0.39, 0.29) is 24.0 Å². The lowest BCUT2D eigenvalue weighted by Gasteiger charge is -2.24. The van der Waals surface area contributed by atoms with E-state index < -0.39 is 17.7 Å². The lowest BCUT2D eigenvalue weighted by molar-refractivity contribution is -0.140. The maximum atomic E-state index is 13.2. The molecule has 1 N–H and O–H groups in total. The van der Waals surface area contributed by atoms with Crippen molar-refractivity contribution in [2.24, 2.45) is 0 Å². The predicted molar refractivity (Wildman–Crippen MR) is 125 cm³/mol. The number of aliphatic hydroxyl groups is 1. The number of likely N-dealkylation sites (tertiary alicyclic amines) is 1. The molecule has 2 aliphatic heterocycles. The average molecular weight is 456 g/mol. The van der Waals surface area contributed by atoms with Gasteiger partial charge < -0.3 is 19.5 Å². The molecule has 2 aliphatic rings. The summed E-state index contributed by atoms with van der Waals surface area (Å²) in [5, 5.41) is 11.3. The molecule has 3 aromatic rings. The van der Waals surface area contributed by atoms with Gasteiger partial charge in [-0.3, -0.25) is 14.6 Å². The number of rotatable bonds is 5. The van der Waals surface area contributed by atoms with Crippen LogP contribution >= 0.6 is 0 Å². The summed E-state index contributed by atoms with van der Waals surface area (Å²) in [5.74, 6) is -0.154. The van der Waals surface area contributed by atoms with Gasteiger partial charge in [-0.2, -0.15) is 0 Å². The van der Waals surface area contributed by atoms with Crippen molar-refractivity contribution in [3.8, 4) is 11.5 Å². The summed E-state index contributed by atoms with van der Waals surface area (Å²) in [6.07, 6.45) is 2.37. The fourth-order valence-corrected chi connectivity index (χ4v) is 4.54. The van der Waals surface area contributed by atoms with E-state index in [1.165, 1.54) is 4.90 Å². The Morgan fingerprint density at radius 3 is 2.65 bits per heavy atom. The molecule has 7 heteroatoms. The van der Waals surface area contributed by atoms with Crippen molar-refractivity contribution in [2.75, 3.05) is 7.11 Å². The van der Waals surface area contributed by atoms with Crippen molar-refractivity contribution < 1.29 is 24.2 Å². The van der Waals surface area contributed by atoms with E-state index in [1.807, 2.05) is 25.1 Å². The van der Waals surface area contributed by atoms with Gasteiger partial charge in [-0.15, -0.1) is 0 Å². The summed E-state index contributed by atoms with van der Waals surface area (Å²) in [6, 6.07) is 17.1. The zero-order chi connectivity index (χ0) is 23.8. The Bertz CT molecular complexity index is 1280. The Morgan fingerprint density at radius 1 is 1.15 bits per heavy atom. The summed E-state index contributed by atoms with van der Waals surface area (Å²) in [4.78, 5) is 32.2. The molecule has 34 heavy (non-hydrogen) atoms. The van der Waals surface area contributed by atoms with Crippen molar-refractivity contribution in [1.82, 2.24) is 9.88 Å². The Kier molecular flexibility index (Phi) is 5.53. The standard InChI is InChI=1S/C27H24N2O5/c1-16-13-19-14-18(8-11-22(19)34-16)25(30)23-24(21-5-3-4-12-28-21)29(27(32)26(23)31)15-17-6-9-20(33-2)10-7-17/h3-12,14,16,24,30H,13,15H2,1-2H3/b25-23-. The first-order chi connectivity index (χ1) is 16.5. The molecule has 1 fully saturated rings. The molecule has 0 bridgehead atoms. The van der Waals surface area contributed by atoms with Crippen LogP contribution in [0.25, 0.3) is 5.76 Å². The van der Waals surface area contributed by atoms with Crippen molar-refractivity contribution in [3.63, 3.8) is 0 Å². The van der Waals surface area contributed by atoms with E-state index in [4.69, 9.17) is 9.47 Å². The number of ether oxygens (including phenoxy) is 2. The second-order valence-electron chi connectivity index (χ2n) is 8.48. The third-order valence-corrected chi connectivity index (χ3v) is 6.19. The summed E-state index contributed by atoms with van der Waals surface area (Å²) in [7, 11) is 1.58. The van der Waals surface area contributed by atoms with Gasteiger partial charge in [0.15, 0.2) is 0 Å². The minimum absolute atomic E-state index is 0.0316. The molecule has 1 aromatic heterocycles. The Hall–Kier alpha value is -4.13. The summed E-state index contributed by atoms with van der Waals surface area (Å²) < 4.78 is 11.0. The fourth-order valence-electron chi connectivity index (χ4n) is 4.54. The van der Waals surface area contributed by atoms with Crippen molar-refractivity contribution >= 4 is 17.4 Å². The molecule has 3 heterocycles. The fraction of sp³-hybridized carbons (Fsp3) is 0.222. The van der Waals surface area contributed by atoms with Crippen LogP contribution in [-0.4, -0.2) is 39.9 Å². The van der Waals surface area contributed by atoms with E-state index in [0.29, 0.717) is 23.4 Å². The van der Waals surface area contributed by atoms with Crippen molar-refractivity contribution in [1.29, 1.82) is 0 Å². The normalized spacial score (nSPS) is 20.8. The van der Waals surface area contributed by atoms with Gasteiger partial charge in [0.25, 0.3) is 11.7 Å². The molecule has 5 rings (SSSR count). The highest BCUT2D eigenvalue weighted by molar-refractivity contribution is 6.46. The van der Waals surface area contributed by atoms with Crippen LogP contribution < -0.4 is 9.47 Å². The largest absolute Gasteiger partial charge is 0.507 e. The van der Waals surface area contributed by atoms with Crippen LogP contribution in [0.1, 0.15) is 35.3 Å². The molecule has 0 spiro atoms. The monoisotopic (exact) mass is 456 g/mol. The molecule has 2 unspecified atom stereocenters. The number of Topliss-reactive ketones (excluding diaryl/α,β-unsaturated/α-hetero) is 1. The number of hydrogen-bond acceptors (Lipinski definition) is 6. The first-order valence-electron chi connectivity index (χ1n) is 11.1. The minimum atomic E-state index is -0.813. The number of aliphatic hydroxyl groups excluding tert-OH is 1. The summed E-state index contributed by atoms with van der Waals surface area (Å²) in [6.45, 7) is 2.16. The number of ketones is 1. The molecule has 0 saturated carbocycles. The van der Waals surface area contributed by atoms with E-state index in [2.05, 4.69) is 4.98 Å². The van der Waals surface area contributed by atoms with Crippen molar-refractivity contribution in [3.05, 3.63) is 94.8 Å². The van der Waals surface area contributed by atoms with E-state index >= 15 is 0 Å². The van der Waals surface area contributed by atoms with Gasteiger partial charge in [0, 0.05) is 24.7 Å². The van der Waals surface area contributed by atoms with Crippen LogP contribution in [0.15, 0.2) is 72.4 Å². The number of carbonyl (C=O) groups excluding carboxylic acids is 2. The predicted octanol–water partition coefficient (Wildman–Crippen LogP) is 4.04. The Balaban J connectivity index is 1.59. The maximum Gasteiger partial charge on any atom is 0.296 e. The molecule has 0 radical (unpaired) electrons. The van der Waals surface area contributed by atoms with Crippen LogP contribution in [0.4, 0.5) is 0 Å². The topological polar surface area (TPSA) is 89.0 Å². The quantitative estimate of drug-likeness (QED) is 0.354. The van der Waals surface area contributed by atoms with Gasteiger partial charge in [-0.25, -0.2) is 0 Å². The third-order valence-electron chi connectivity index (χ3n) is 6.19. The molecule has 1 amide bonds. The van der Waals surface area contributed by atoms with Gasteiger partial charge in [-0.1, -0.05) is 18.2 Å². The van der Waals surface area contributed by atoms with Gasteiger partial charge in [-0.05, 0) is 60.5 Å². The highest BCUT2D eigenvalue weighted by atomic mass is 16.5. The SMILES string of the molecule is COc1ccc(CN2C(=O)C(=O)/C(=C(\O)c3ccc4c(c3)CC(C)O4)C2c2ccccn2)cc1. The number of hydrogen-bond donors (Lipinski definition) is 1. The zero-order valence-corrected chi connectivity index (χ0v) is 18.9. The molecule has 7 nitrogen and oxygen atoms in total. The number of carbonyl (C=O) groups is 2. The number of fused-ring (bicyclic) bond motifs is 1. The summed E-state index contributed by atoms with van der Waals surface area (Å²) >= 11 is 0. The molecule has 0 aliphatic carbocycles. The van der Waals surface area contributed by atoms with Gasteiger partial charge in [0.1, 0.15) is 29.4 Å². The first kappa shape index (κ1) is 21.7. The van der Waals surface area contributed by atoms with Crippen LogP contribution in [-0.2, 0) is 22.6 Å². The second-order valence-corrected chi connectivity index (χ2v) is 8.48. The number of nitrogens with zero attached hydrogens (tertiary/aromatic N) is 2. The van der Waals surface area contributed by atoms with Gasteiger partial charge in [0.05, 0.1) is 18.4 Å². The molecule has 1 saturated heterocycles. The number of methoxy groups -OCH3 is 1. The Morgan fingerprint density at radius 2 is 1.94 bits per heavy atom. The number of benzene rings is 2. The summed E-state index contributed by atoms with van der Waals surface area (Å²) in [5.41, 5.74) is 2.80. The van der Waals surface area contributed by atoms with E-state index in [9.17, 15) is 14.7 Å². The van der Waals surface area contributed by atoms with Crippen LogP contribution in [0.2, 0.25) is 0 Å². The number of amides is 1. The number of aromatic nitrogens is 1. The van der Waals surface area contributed by atoms with Gasteiger partial charge in [0.2, 0.25) is 0 Å². The average Bonchev–Trinajstić information content (AvgIpc) is 3.35. The number of pyridine rings is 1. The third kappa shape index (κ3) is 3.79. The molecular weight excluding hydrogens is 432 g/mol. The van der Waals surface area contributed by atoms with Gasteiger partial charge >= 0.3 is 0 Å². The van der Waals surface area contributed by atoms with E-state index in [1.54, 1.807) is 55.8 Å². The Labute approximate surface area is 197 Å². The first-order valence-corrected chi connectivity index (χ1v) is 11.1. The van der Waals surface area contributed by atoms with Crippen LogP contribution in [0.5, 0.6) is 11.5 Å². The molecule has 2 aromatic carbocycles. The minimum Gasteiger partial charge on any atom is -0.507 e. The van der Waals surface area contributed by atoms with E-state index in [0.717, 1.165) is 16.9 Å². The second kappa shape index (κ2) is 8.67. The van der Waals surface area contributed by atoms with Crippen LogP contribution in [0, 0.1) is 0 Å². The smallest absolute Gasteiger partial charge is 0.296 e. The van der Waals surface area contributed by atoms with Crippen molar-refractivity contribution in [2.45, 2.75) is 32.0 Å². The zero-order valence-electron chi connectivity index (χ0n) is 18.9.